The number of ketones is 1. The predicted molar refractivity (Wildman–Crippen MR) is 158 cm³/mol. The van der Waals surface area contributed by atoms with Crippen molar-refractivity contribution < 1.29 is 28.7 Å². The zero-order valence-electron chi connectivity index (χ0n) is 25.9. The van der Waals surface area contributed by atoms with Crippen LogP contribution in [0.4, 0.5) is 4.79 Å². The number of carbonyl (C=O) groups excluding carboxylic acids is 5. The van der Waals surface area contributed by atoms with Crippen molar-refractivity contribution in [1.82, 2.24) is 15.5 Å². The first kappa shape index (κ1) is 35.7. The van der Waals surface area contributed by atoms with E-state index in [1.807, 2.05) is 55.4 Å². The Balaban J connectivity index is 3.20. The second-order valence-electron chi connectivity index (χ2n) is 12.7. The first-order valence-corrected chi connectivity index (χ1v) is 15.5. The predicted octanol–water partition coefficient (Wildman–Crippen LogP) is 4.14. The van der Waals surface area contributed by atoms with Crippen molar-refractivity contribution in [2.45, 2.75) is 136 Å². The van der Waals surface area contributed by atoms with E-state index >= 15 is 0 Å². The molecule has 0 spiro atoms. The Hall–Kier alpha value is -2.30. The summed E-state index contributed by atoms with van der Waals surface area (Å²) in [5, 5.41) is 4.24. The maximum atomic E-state index is 14.0. The number of alkyl carbamates (subject to hydrolysis) is 1. The fraction of sp³-hybridized carbons (Fsp3) is 0.828. The van der Waals surface area contributed by atoms with E-state index in [4.69, 9.17) is 10.5 Å². The zero-order chi connectivity index (χ0) is 30.8. The molecule has 0 aromatic heterocycles. The highest BCUT2D eigenvalue weighted by molar-refractivity contribution is 8.01. The highest BCUT2D eigenvalue weighted by Crippen LogP contribution is 2.31. The van der Waals surface area contributed by atoms with Gasteiger partial charge in [0.25, 0.3) is 11.7 Å². The lowest BCUT2D eigenvalue weighted by atomic mass is 9.85. The van der Waals surface area contributed by atoms with Crippen LogP contribution in [-0.2, 0) is 23.9 Å². The summed E-state index contributed by atoms with van der Waals surface area (Å²) in [6.07, 6.45) is 5.16. The number of Topliss-reactive ketones (excluding diaryl/α,β-unsaturated/α-hetero) is 1. The number of carbonyl (C=O) groups is 5. The number of thioether (sulfide) groups is 1. The third kappa shape index (κ3) is 11.3. The molecule has 0 aliphatic carbocycles. The first-order chi connectivity index (χ1) is 18.4. The number of rotatable bonds is 15. The maximum Gasteiger partial charge on any atom is 0.408 e. The average Bonchev–Trinajstić information content (AvgIpc) is 3.24. The normalized spacial score (nSPS) is 19.2. The maximum absolute atomic E-state index is 14.0. The number of amides is 4. The quantitative estimate of drug-likeness (QED) is 0.149. The van der Waals surface area contributed by atoms with E-state index in [9.17, 15) is 24.0 Å². The fourth-order valence-corrected chi connectivity index (χ4v) is 5.85. The minimum Gasteiger partial charge on any atom is -0.444 e. The van der Waals surface area contributed by atoms with E-state index in [0.717, 1.165) is 43.9 Å². The number of primary amides is 1. The van der Waals surface area contributed by atoms with Crippen LogP contribution < -0.4 is 16.4 Å². The summed E-state index contributed by atoms with van der Waals surface area (Å²) < 4.78 is 5.71. The van der Waals surface area contributed by atoms with Crippen molar-refractivity contribution in [2.75, 3.05) is 6.54 Å². The Bertz CT molecular complexity index is 901. The minimum absolute atomic E-state index is 0.0607. The Kier molecular flexibility index (Phi) is 14.0. The van der Waals surface area contributed by atoms with Gasteiger partial charge in [0.05, 0.1) is 0 Å². The molecule has 11 heteroatoms. The molecule has 0 aromatic carbocycles. The summed E-state index contributed by atoms with van der Waals surface area (Å²) in [4.78, 5) is 66.0. The molecule has 1 aliphatic heterocycles. The molecule has 0 bridgehead atoms. The monoisotopic (exact) mass is 584 g/mol. The van der Waals surface area contributed by atoms with Crippen molar-refractivity contribution >= 4 is 41.4 Å². The first-order valence-electron chi connectivity index (χ1n) is 14.5. The largest absolute Gasteiger partial charge is 0.444 e. The second-order valence-corrected chi connectivity index (χ2v) is 14.4. The van der Waals surface area contributed by atoms with E-state index < -0.39 is 52.2 Å². The van der Waals surface area contributed by atoms with Crippen LogP contribution in [0.25, 0.3) is 0 Å². The van der Waals surface area contributed by atoms with E-state index in [0.29, 0.717) is 19.4 Å². The van der Waals surface area contributed by atoms with Gasteiger partial charge in [-0.15, -0.1) is 11.8 Å². The van der Waals surface area contributed by atoms with Crippen LogP contribution in [0.3, 0.4) is 0 Å². The fourth-order valence-electron chi connectivity index (χ4n) is 4.89. The summed E-state index contributed by atoms with van der Waals surface area (Å²) in [5.41, 5.74) is 3.85. The molecule has 1 fully saturated rings. The van der Waals surface area contributed by atoms with E-state index in [1.54, 1.807) is 0 Å². The summed E-state index contributed by atoms with van der Waals surface area (Å²) in [6.45, 7) is 17.4. The number of hydrogen-bond donors (Lipinski definition) is 3. The summed E-state index contributed by atoms with van der Waals surface area (Å²) in [7, 11) is 0. The number of unbranched alkanes of at least 4 members (excludes halogenated alkanes) is 2. The molecule has 40 heavy (non-hydrogen) atoms. The summed E-state index contributed by atoms with van der Waals surface area (Å²) in [6, 6.07) is -1.80. The molecule has 4 amide bonds. The molecule has 0 radical (unpaired) electrons. The van der Waals surface area contributed by atoms with Gasteiger partial charge in [0.15, 0.2) is 0 Å². The molecular weight excluding hydrogens is 532 g/mol. The smallest absolute Gasteiger partial charge is 0.408 e. The third-order valence-corrected chi connectivity index (χ3v) is 8.11. The van der Waals surface area contributed by atoms with Gasteiger partial charge in [-0.3, -0.25) is 19.2 Å². The number of likely N-dealkylation sites (tertiary alicyclic amines) is 1. The lowest BCUT2D eigenvalue weighted by molar-refractivity contribution is -0.143. The molecule has 4 atom stereocenters. The molecule has 1 saturated heterocycles. The molecule has 10 nitrogen and oxygen atoms in total. The zero-order valence-corrected chi connectivity index (χ0v) is 26.7. The van der Waals surface area contributed by atoms with Gasteiger partial charge in [0, 0.05) is 11.8 Å². The van der Waals surface area contributed by atoms with Crippen molar-refractivity contribution in [3.8, 4) is 0 Å². The molecule has 1 rings (SSSR count). The lowest BCUT2D eigenvalue weighted by Crippen LogP contribution is -2.59. The third-order valence-electron chi connectivity index (χ3n) is 6.96. The van der Waals surface area contributed by atoms with Gasteiger partial charge >= 0.3 is 6.09 Å². The number of hydrogen-bond acceptors (Lipinski definition) is 7. The van der Waals surface area contributed by atoms with Crippen LogP contribution in [0.1, 0.15) is 107 Å². The van der Waals surface area contributed by atoms with Crippen LogP contribution in [0.5, 0.6) is 0 Å². The highest BCUT2D eigenvalue weighted by atomic mass is 32.2. The topological polar surface area (TPSA) is 148 Å². The van der Waals surface area contributed by atoms with Gasteiger partial charge in [0.2, 0.25) is 11.8 Å². The van der Waals surface area contributed by atoms with Gasteiger partial charge in [-0.1, -0.05) is 67.7 Å². The van der Waals surface area contributed by atoms with Crippen molar-refractivity contribution in [3.63, 3.8) is 0 Å². The Labute approximate surface area is 244 Å². The van der Waals surface area contributed by atoms with E-state index in [2.05, 4.69) is 17.6 Å². The van der Waals surface area contributed by atoms with Crippen LogP contribution in [0.15, 0.2) is 0 Å². The summed E-state index contributed by atoms with van der Waals surface area (Å²) >= 11 is 1.12. The van der Waals surface area contributed by atoms with E-state index in [-0.39, 0.29) is 17.1 Å². The molecule has 3 unspecified atom stereocenters. The number of ether oxygens (including phenoxy) is 1. The van der Waals surface area contributed by atoms with Gasteiger partial charge in [-0.25, -0.2) is 4.79 Å². The Morgan fingerprint density at radius 2 is 1.62 bits per heavy atom. The Morgan fingerprint density at radius 3 is 2.12 bits per heavy atom. The van der Waals surface area contributed by atoms with Gasteiger partial charge < -0.3 is 26.0 Å². The second kappa shape index (κ2) is 15.6. The van der Waals surface area contributed by atoms with Crippen LogP contribution in [0, 0.1) is 11.3 Å². The molecule has 1 heterocycles. The van der Waals surface area contributed by atoms with E-state index in [1.165, 1.54) is 4.90 Å². The lowest BCUT2D eigenvalue weighted by Gasteiger charge is -2.36. The molecular formula is C29H52N4O6S. The van der Waals surface area contributed by atoms with Gasteiger partial charge in [0.1, 0.15) is 23.1 Å². The standard InChI is InChI=1S/C29H52N4O6S/c1-10-12-13-15-29(8,9)39-27(38)31-22(28(5,6)7)26(37)33-17-19(14-11-2)16-20(33)24(36)32-25(40-18(3)4)21(34)23(30)35/h18-20,22,25H,10-17H2,1-9H3,(H2,30,35)(H,31,38)(H,32,36)/t19-,20?,22?,25?/m1/s1. The molecule has 230 valence electrons. The number of nitrogens with one attached hydrogen (secondary N) is 2. The van der Waals surface area contributed by atoms with Crippen LogP contribution in [0.2, 0.25) is 0 Å². The SMILES string of the molecule is CCCCCC(C)(C)OC(=O)NC(C(=O)N1C[C@H](CCC)CC1C(=O)NC(SC(C)C)C(=O)C(N)=O)C(C)(C)C. The summed E-state index contributed by atoms with van der Waals surface area (Å²) in [5.74, 6) is -2.85. The van der Waals surface area contributed by atoms with Crippen LogP contribution in [-0.4, -0.2) is 69.4 Å². The molecule has 1 aliphatic rings. The Morgan fingerprint density at radius 1 is 1.00 bits per heavy atom. The van der Waals surface area contributed by atoms with Crippen molar-refractivity contribution in [2.24, 2.45) is 17.1 Å². The number of nitrogens with two attached hydrogens (primary N) is 1. The minimum atomic E-state index is -1.14. The van der Waals surface area contributed by atoms with Gasteiger partial charge in [-0.05, 0) is 50.9 Å². The number of nitrogens with zero attached hydrogens (tertiary/aromatic N) is 1. The average molecular weight is 585 g/mol. The van der Waals surface area contributed by atoms with Gasteiger partial charge in [-0.2, -0.15) is 0 Å². The molecule has 0 aromatic rings. The highest BCUT2D eigenvalue weighted by Gasteiger charge is 2.45. The molecule has 4 N–H and O–H groups in total. The van der Waals surface area contributed by atoms with Crippen molar-refractivity contribution in [3.05, 3.63) is 0 Å². The van der Waals surface area contributed by atoms with Crippen molar-refractivity contribution in [1.29, 1.82) is 0 Å². The van der Waals surface area contributed by atoms with Crippen LogP contribution >= 0.6 is 11.8 Å². The molecule has 0 saturated carbocycles.